The second-order valence-corrected chi connectivity index (χ2v) is 3.75. The predicted molar refractivity (Wildman–Crippen MR) is 57.7 cm³/mol. The monoisotopic (exact) mass is 234 g/mol. The van der Waals surface area contributed by atoms with Gasteiger partial charge in [0.2, 0.25) is 0 Å². The van der Waals surface area contributed by atoms with Gasteiger partial charge in [-0.25, -0.2) is 4.39 Å². The van der Waals surface area contributed by atoms with E-state index in [1.807, 2.05) is 6.07 Å². The van der Waals surface area contributed by atoms with Crippen molar-refractivity contribution in [3.8, 4) is 6.07 Å². The Morgan fingerprint density at radius 1 is 1.47 bits per heavy atom. The molecule has 1 atom stereocenters. The van der Waals surface area contributed by atoms with Crippen LogP contribution in [0.15, 0.2) is 24.3 Å². The molecule has 0 N–H and O–H groups in total. The molecule has 88 valence electrons. The third-order valence-corrected chi connectivity index (χ3v) is 2.59. The molecule has 0 saturated carbocycles. The molecule has 1 aromatic carbocycles. The van der Waals surface area contributed by atoms with Crippen LogP contribution >= 0.6 is 0 Å². The molecule has 1 heterocycles. The second kappa shape index (κ2) is 4.93. The van der Waals surface area contributed by atoms with E-state index in [0.717, 1.165) is 0 Å². The van der Waals surface area contributed by atoms with E-state index in [2.05, 4.69) is 0 Å². The van der Waals surface area contributed by atoms with Crippen LogP contribution in [0, 0.1) is 17.1 Å². The standard InChI is InChI=1S/C12H11FN2O2/c13-10-3-1-9(2-4-10)12(16)15-5-6-17-11(7-14)8-15/h1-4,11H,5-6,8H2. The first-order valence-electron chi connectivity index (χ1n) is 5.27. The Hall–Kier alpha value is -1.93. The maximum atomic E-state index is 12.7. The fraction of sp³-hybridized carbons (Fsp3) is 0.333. The molecule has 1 aromatic rings. The Kier molecular flexibility index (Phi) is 3.35. The minimum absolute atomic E-state index is 0.200. The molecule has 1 fully saturated rings. The van der Waals surface area contributed by atoms with Gasteiger partial charge in [-0.05, 0) is 24.3 Å². The summed E-state index contributed by atoms with van der Waals surface area (Å²) in [4.78, 5) is 13.6. The molecule has 0 aromatic heterocycles. The van der Waals surface area contributed by atoms with Crippen molar-refractivity contribution >= 4 is 5.91 Å². The number of nitrogens with zero attached hydrogens (tertiary/aromatic N) is 2. The maximum absolute atomic E-state index is 12.7. The van der Waals surface area contributed by atoms with Crippen LogP contribution < -0.4 is 0 Å². The molecule has 5 heteroatoms. The molecule has 0 spiro atoms. The van der Waals surface area contributed by atoms with E-state index >= 15 is 0 Å². The lowest BCUT2D eigenvalue weighted by molar-refractivity contribution is 0.00346. The molecule has 0 bridgehead atoms. The molecule has 1 aliphatic rings. The molecule has 1 amide bonds. The number of nitriles is 1. The average molecular weight is 234 g/mol. The summed E-state index contributed by atoms with van der Waals surface area (Å²) in [6.07, 6.45) is -0.576. The topological polar surface area (TPSA) is 53.3 Å². The van der Waals surface area contributed by atoms with Crippen LogP contribution in [0.4, 0.5) is 4.39 Å². The zero-order chi connectivity index (χ0) is 12.3. The molecule has 1 unspecified atom stereocenters. The van der Waals surface area contributed by atoms with Crippen molar-refractivity contribution in [3.05, 3.63) is 35.6 Å². The summed E-state index contributed by atoms with van der Waals surface area (Å²) >= 11 is 0. The summed E-state index contributed by atoms with van der Waals surface area (Å²) in [6.45, 7) is 1.06. The normalized spacial score (nSPS) is 19.8. The molecule has 1 saturated heterocycles. The molecule has 0 radical (unpaired) electrons. The number of carbonyl (C=O) groups excluding carboxylic acids is 1. The lowest BCUT2D eigenvalue weighted by Crippen LogP contribution is -2.45. The van der Waals surface area contributed by atoms with Gasteiger partial charge < -0.3 is 9.64 Å². The van der Waals surface area contributed by atoms with Crippen LogP contribution in [0.1, 0.15) is 10.4 Å². The number of rotatable bonds is 1. The number of amides is 1. The number of hydrogen-bond donors (Lipinski definition) is 0. The molecule has 0 aliphatic carbocycles. The van der Waals surface area contributed by atoms with Gasteiger partial charge in [0, 0.05) is 12.1 Å². The van der Waals surface area contributed by atoms with Gasteiger partial charge in [0.05, 0.1) is 19.2 Å². The molecule has 1 aliphatic heterocycles. The molecule has 2 rings (SSSR count). The van der Waals surface area contributed by atoms with E-state index in [-0.39, 0.29) is 18.3 Å². The number of halogens is 1. The van der Waals surface area contributed by atoms with Crippen LogP contribution in [0.2, 0.25) is 0 Å². The van der Waals surface area contributed by atoms with Crippen LogP contribution in [-0.2, 0) is 4.74 Å². The van der Waals surface area contributed by atoms with Crippen LogP contribution in [-0.4, -0.2) is 36.6 Å². The summed E-state index contributed by atoms with van der Waals surface area (Å²) in [6, 6.07) is 7.34. The number of benzene rings is 1. The van der Waals surface area contributed by atoms with Gasteiger partial charge in [0.15, 0.2) is 6.10 Å². The van der Waals surface area contributed by atoms with Gasteiger partial charge in [-0.2, -0.15) is 5.26 Å². The van der Waals surface area contributed by atoms with Gasteiger partial charge in [-0.1, -0.05) is 0 Å². The van der Waals surface area contributed by atoms with E-state index in [0.29, 0.717) is 18.7 Å². The lowest BCUT2D eigenvalue weighted by atomic mass is 10.1. The Bertz CT molecular complexity index is 453. The quantitative estimate of drug-likeness (QED) is 0.733. The SMILES string of the molecule is N#CC1CN(C(=O)c2ccc(F)cc2)CCO1. The van der Waals surface area contributed by atoms with Crippen molar-refractivity contribution in [2.75, 3.05) is 19.7 Å². The van der Waals surface area contributed by atoms with Crippen molar-refractivity contribution < 1.29 is 13.9 Å². The van der Waals surface area contributed by atoms with E-state index in [1.165, 1.54) is 24.3 Å². The second-order valence-electron chi connectivity index (χ2n) is 3.75. The smallest absolute Gasteiger partial charge is 0.254 e. The summed E-state index contributed by atoms with van der Waals surface area (Å²) in [5.74, 6) is -0.577. The number of morpholine rings is 1. The minimum atomic E-state index is -0.576. The van der Waals surface area contributed by atoms with E-state index < -0.39 is 6.10 Å². The van der Waals surface area contributed by atoms with Gasteiger partial charge in [-0.3, -0.25) is 4.79 Å². The van der Waals surface area contributed by atoms with Crippen molar-refractivity contribution in [1.82, 2.24) is 4.90 Å². The molecule has 17 heavy (non-hydrogen) atoms. The number of ether oxygens (including phenoxy) is 1. The van der Waals surface area contributed by atoms with Crippen molar-refractivity contribution in [2.24, 2.45) is 0 Å². The predicted octanol–water partition coefficient (Wildman–Crippen LogP) is 1.19. The Morgan fingerprint density at radius 2 is 2.18 bits per heavy atom. The third kappa shape index (κ3) is 2.60. The summed E-state index contributed by atoms with van der Waals surface area (Å²) in [5, 5.41) is 8.73. The van der Waals surface area contributed by atoms with E-state index in [9.17, 15) is 9.18 Å². The Balaban J connectivity index is 2.09. The first kappa shape index (κ1) is 11.6. The summed E-state index contributed by atoms with van der Waals surface area (Å²) < 4.78 is 17.9. The highest BCUT2D eigenvalue weighted by atomic mass is 19.1. The summed E-state index contributed by atoms with van der Waals surface area (Å²) in [7, 11) is 0. The number of carbonyl (C=O) groups is 1. The van der Waals surface area contributed by atoms with Gasteiger partial charge in [0.1, 0.15) is 5.82 Å². The Morgan fingerprint density at radius 3 is 2.82 bits per heavy atom. The molecular formula is C12H11FN2O2. The zero-order valence-electron chi connectivity index (χ0n) is 9.10. The van der Waals surface area contributed by atoms with Gasteiger partial charge in [0.25, 0.3) is 5.91 Å². The highest BCUT2D eigenvalue weighted by molar-refractivity contribution is 5.94. The first-order valence-corrected chi connectivity index (χ1v) is 5.27. The van der Waals surface area contributed by atoms with Crippen LogP contribution in [0.3, 0.4) is 0 Å². The van der Waals surface area contributed by atoms with Gasteiger partial charge in [-0.15, -0.1) is 0 Å². The van der Waals surface area contributed by atoms with E-state index in [1.54, 1.807) is 4.90 Å². The molecular weight excluding hydrogens is 223 g/mol. The fourth-order valence-electron chi connectivity index (χ4n) is 1.69. The third-order valence-electron chi connectivity index (χ3n) is 2.59. The maximum Gasteiger partial charge on any atom is 0.254 e. The zero-order valence-corrected chi connectivity index (χ0v) is 9.10. The largest absolute Gasteiger partial charge is 0.360 e. The van der Waals surface area contributed by atoms with Gasteiger partial charge >= 0.3 is 0 Å². The molecule has 4 nitrogen and oxygen atoms in total. The highest BCUT2D eigenvalue weighted by Gasteiger charge is 2.24. The number of hydrogen-bond acceptors (Lipinski definition) is 3. The highest BCUT2D eigenvalue weighted by Crippen LogP contribution is 2.11. The lowest BCUT2D eigenvalue weighted by Gasteiger charge is -2.29. The minimum Gasteiger partial charge on any atom is -0.360 e. The van der Waals surface area contributed by atoms with Crippen LogP contribution in [0.5, 0.6) is 0 Å². The van der Waals surface area contributed by atoms with Crippen LogP contribution in [0.25, 0.3) is 0 Å². The average Bonchev–Trinajstić information content (AvgIpc) is 2.39. The fourth-order valence-corrected chi connectivity index (χ4v) is 1.69. The van der Waals surface area contributed by atoms with E-state index in [4.69, 9.17) is 10.00 Å². The van der Waals surface area contributed by atoms with Crippen molar-refractivity contribution in [2.45, 2.75) is 6.10 Å². The van der Waals surface area contributed by atoms with Crippen molar-refractivity contribution in [1.29, 1.82) is 5.26 Å². The summed E-state index contributed by atoms with van der Waals surface area (Å²) in [5.41, 5.74) is 0.421. The Labute approximate surface area is 98.2 Å². The van der Waals surface area contributed by atoms with Crippen molar-refractivity contribution in [3.63, 3.8) is 0 Å². The first-order chi connectivity index (χ1) is 8.20.